The van der Waals surface area contributed by atoms with Crippen molar-refractivity contribution in [1.82, 2.24) is 0 Å². The largest absolute Gasteiger partial charge is 0.249 e. The second kappa shape index (κ2) is 2.66. The van der Waals surface area contributed by atoms with Gasteiger partial charge < -0.3 is 0 Å². The summed E-state index contributed by atoms with van der Waals surface area (Å²) in [7, 11) is -2.52. The van der Waals surface area contributed by atoms with E-state index in [4.69, 9.17) is 4.78 Å². The molecule has 0 unspecified atom stereocenters. The van der Waals surface area contributed by atoms with Crippen LogP contribution in [0.15, 0.2) is 29.2 Å². The zero-order valence-electron chi connectivity index (χ0n) is 6.63. The third kappa shape index (κ3) is 2.05. The average molecular weight is 169 g/mol. The second-order valence-corrected chi connectivity index (χ2v) is 4.82. The first-order valence-electron chi connectivity index (χ1n) is 3.30. The first-order chi connectivity index (χ1) is 5.00. The van der Waals surface area contributed by atoms with Crippen LogP contribution in [0.2, 0.25) is 0 Å². The Bertz CT molecular complexity index is 337. The summed E-state index contributed by atoms with van der Waals surface area (Å²) in [6.45, 7) is 1.96. The summed E-state index contributed by atoms with van der Waals surface area (Å²) in [6.07, 6.45) is 1.43. The minimum Gasteiger partial charge on any atom is -0.249 e. The maximum atomic E-state index is 11.2. The monoisotopic (exact) mass is 169 g/mol. The molecule has 3 heteroatoms. The first kappa shape index (κ1) is 8.27. The molecule has 2 nitrogen and oxygen atoms in total. The van der Waals surface area contributed by atoms with Crippen molar-refractivity contribution >= 4 is 9.73 Å². The van der Waals surface area contributed by atoms with Crippen molar-refractivity contribution in [2.45, 2.75) is 11.8 Å². The molecule has 0 bridgehead atoms. The maximum absolute atomic E-state index is 11.2. The van der Waals surface area contributed by atoms with Crippen LogP contribution in [0.25, 0.3) is 0 Å². The summed E-state index contributed by atoms with van der Waals surface area (Å²) >= 11 is 0. The molecule has 0 aliphatic carbocycles. The van der Waals surface area contributed by atoms with Gasteiger partial charge in [-0.2, -0.15) is 0 Å². The lowest BCUT2D eigenvalue weighted by atomic mass is 10.2. The Morgan fingerprint density at radius 2 is 1.73 bits per heavy atom. The van der Waals surface area contributed by atoms with Crippen LogP contribution in [0, 0.1) is 11.7 Å². The van der Waals surface area contributed by atoms with Crippen molar-refractivity contribution < 1.29 is 4.21 Å². The van der Waals surface area contributed by atoms with Crippen LogP contribution in [0.3, 0.4) is 0 Å². The zero-order valence-corrected chi connectivity index (χ0v) is 7.44. The molecule has 60 valence electrons. The minimum absolute atomic E-state index is 0.600. The van der Waals surface area contributed by atoms with Crippen LogP contribution < -0.4 is 0 Å². The molecule has 1 rings (SSSR count). The quantitative estimate of drug-likeness (QED) is 0.686. The maximum Gasteiger partial charge on any atom is 0.0696 e. The number of aryl methyl sites for hydroxylation is 1. The Kier molecular flexibility index (Phi) is 2.00. The lowest BCUT2D eigenvalue weighted by Crippen LogP contribution is -1.93. The summed E-state index contributed by atoms with van der Waals surface area (Å²) in [6, 6.07) is 7.22. The third-order valence-electron chi connectivity index (χ3n) is 1.47. The fourth-order valence-electron chi connectivity index (χ4n) is 0.798. The normalized spacial score (nSPS) is 15.8. The van der Waals surface area contributed by atoms with Crippen molar-refractivity contribution in [3.63, 3.8) is 0 Å². The van der Waals surface area contributed by atoms with E-state index in [1.165, 1.54) is 6.26 Å². The van der Waals surface area contributed by atoms with Gasteiger partial charge in [-0.05, 0) is 19.1 Å². The Labute approximate surface area is 67.2 Å². The highest BCUT2D eigenvalue weighted by atomic mass is 32.2. The molecule has 0 aliphatic heterocycles. The number of hydrogen-bond donors (Lipinski definition) is 1. The van der Waals surface area contributed by atoms with E-state index in [1.54, 1.807) is 12.1 Å². The van der Waals surface area contributed by atoms with E-state index in [2.05, 4.69) is 0 Å². The molecule has 0 amide bonds. The van der Waals surface area contributed by atoms with E-state index in [0.717, 1.165) is 5.56 Å². The smallest absolute Gasteiger partial charge is 0.0696 e. The molecule has 1 aromatic carbocycles. The topological polar surface area (TPSA) is 40.9 Å². The highest BCUT2D eigenvalue weighted by Gasteiger charge is 2.00. The van der Waals surface area contributed by atoms with Crippen LogP contribution >= 0.6 is 0 Å². The third-order valence-corrected chi connectivity index (χ3v) is 2.64. The fourth-order valence-corrected chi connectivity index (χ4v) is 1.45. The Morgan fingerprint density at radius 1 is 1.27 bits per heavy atom. The molecule has 0 spiro atoms. The molecule has 0 radical (unpaired) electrons. The van der Waals surface area contributed by atoms with Crippen molar-refractivity contribution in [3.8, 4) is 0 Å². The van der Waals surface area contributed by atoms with Crippen molar-refractivity contribution in [3.05, 3.63) is 29.8 Å². The van der Waals surface area contributed by atoms with E-state index in [1.807, 2.05) is 19.1 Å². The summed E-state index contributed by atoms with van der Waals surface area (Å²) in [5.74, 6) is 0. The zero-order chi connectivity index (χ0) is 8.48. The highest BCUT2D eigenvalue weighted by molar-refractivity contribution is 7.91. The molecule has 0 heterocycles. The van der Waals surface area contributed by atoms with Crippen LogP contribution in [0.1, 0.15) is 5.56 Å². The molecule has 11 heavy (non-hydrogen) atoms. The van der Waals surface area contributed by atoms with Gasteiger partial charge in [-0.3, -0.25) is 0 Å². The molecule has 1 atom stereocenters. The lowest BCUT2D eigenvalue weighted by molar-refractivity contribution is 0.679. The predicted molar refractivity (Wildman–Crippen MR) is 46.2 cm³/mol. The Balaban J connectivity index is 3.20. The predicted octanol–water partition coefficient (Wildman–Crippen LogP) is 2.03. The number of rotatable bonds is 1. The van der Waals surface area contributed by atoms with Gasteiger partial charge >= 0.3 is 0 Å². The molecule has 0 saturated heterocycles. The van der Waals surface area contributed by atoms with E-state index >= 15 is 0 Å². The van der Waals surface area contributed by atoms with Crippen LogP contribution in [-0.2, 0) is 9.73 Å². The molecular formula is C8H11NOS. The van der Waals surface area contributed by atoms with Gasteiger partial charge in [0, 0.05) is 11.2 Å². The van der Waals surface area contributed by atoms with Crippen LogP contribution in [0.5, 0.6) is 0 Å². The summed E-state index contributed by atoms with van der Waals surface area (Å²) in [5.41, 5.74) is 1.12. The average Bonchev–Trinajstić information content (AvgIpc) is 1.86. The van der Waals surface area contributed by atoms with Crippen molar-refractivity contribution in [1.29, 1.82) is 4.78 Å². The van der Waals surface area contributed by atoms with Gasteiger partial charge in [-0.25, -0.2) is 8.99 Å². The van der Waals surface area contributed by atoms with Crippen LogP contribution in [0.4, 0.5) is 0 Å². The number of benzene rings is 1. The van der Waals surface area contributed by atoms with E-state index < -0.39 is 9.73 Å². The van der Waals surface area contributed by atoms with E-state index in [-0.39, 0.29) is 0 Å². The highest BCUT2D eigenvalue weighted by Crippen LogP contribution is 2.09. The van der Waals surface area contributed by atoms with Gasteiger partial charge in [0.25, 0.3) is 0 Å². The molecule has 0 aromatic heterocycles. The van der Waals surface area contributed by atoms with Gasteiger partial charge in [-0.15, -0.1) is 0 Å². The van der Waals surface area contributed by atoms with E-state index in [9.17, 15) is 4.21 Å². The van der Waals surface area contributed by atoms with Crippen molar-refractivity contribution in [2.75, 3.05) is 6.26 Å². The van der Waals surface area contributed by atoms with Gasteiger partial charge in [-0.1, -0.05) is 17.7 Å². The van der Waals surface area contributed by atoms with Gasteiger partial charge in [0.2, 0.25) is 0 Å². The molecule has 1 N–H and O–H groups in total. The van der Waals surface area contributed by atoms with Gasteiger partial charge in [0.1, 0.15) is 0 Å². The Hall–Kier alpha value is -0.830. The number of nitrogens with one attached hydrogen (secondary N) is 1. The van der Waals surface area contributed by atoms with Gasteiger partial charge in [0.15, 0.2) is 0 Å². The standard InChI is InChI=1S/C8H11NOS/c1-7-3-5-8(6-4-7)11(2,9)10/h3-6,9H,1-2H3/t11-/m1/s1. The second-order valence-electron chi connectivity index (χ2n) is 2.66. The fraction of sp³-hybridized carbons (Fsp3) is 0.250. The van der Waals surface area contributed by atoms with Crippen LogP contribution in [-0.4, -0.2) is 10.5 Å². The molecule has 0 saturated carbocycles. The number of hydrogen-bond acceptors (Lipinski definition) is 2. The molecule has 0 aliphatic rings. The van der Waals surface area contributed by atoms with E-state index in [0.29, 0.717) is 4.90 Å². The summed E-state index contributed by atoms with van der Waals surface area (Å²) < 4.78 is 18.4. The van der Waals surface area contributed by atoms with Gasteiger partial charge in [0.05, 0.1) is 9.73 Å². The molecule has 1 aromatic rings. The Morgan fingerprint density at radius 3 is 2.09 bits per heavy atom. The SMILES string of the molecule is Cc1ccc([S@](C)(=N)=O)cc1. The first-order valence-corrected chi connectivity index (χ1v) is 5.27. The van der Waals surface area contributed by atoms with Crippen molar-refractivity contribution in [2.24, 2.45) is 0 Å². The lowest BCUT2D eigenvalue weighted by Gasteiger charge is -1.99. The molecular weight excluding hydrogens is 158 g/mol. The molecule has 0 fully saturated rings. The minimum atomic E-state index is -2.52. The summed E-state index contributed by atoms with van der Waals surface area (Å²) in [4.78, 5) is 0.600. The summed E-state index contributed by atoms with van der Waals surface area (Å²) in [5, 5.41) is 0.